The van der Waals surface area contributed by atoms with Crippen LogP contribution in [0.25, 0.3) is 11.4 Å². The standard InChI is InChI=1S/C13H14ClN3/c1-9-5-6-12-15-13(16-17(12)8-9)10-3-2-4-11(14)7-10/h2-4,7,9H,5-6,8H2,1H3. The van der Waals surface area contributed by atoms with Crippen LogP contribution < -0.4 is 0 Å². The molecule has 17 heavy (non-hydrogen) atoms. The molecule has 1 aliphatic rings. The average molecular weight is 248 g/mol. The Morgan fingerprint density at radius 2 is 2.29 bits per heavy atom. The molecule has 1 aromatic carbocycles. The second-order valence-corrected chi connectivity index (χ2v) is 5.12. The van der Waals surface area contributed by atoms with Gasteiger partial charge in [0.15, 0.2) is 5.82 Å². The Morgan fingerprint density at radius 3 is 3.12 bits per heavy atom. The van der Waals surface area contributed by atoms with Crippen molar-refractivity contribution in [2.45, 2.75) is 26.3 Å². The van der Waals surface area contributed by atoms with Crippen LogP contribution in [0.1, 0.15) is 19.2 Å². The van der Waals surface area contributed by atoms with Gasteiger partial charge in [0.05, 0.1) is 0 Å². The molecule has 0 fully saturated rings. The predicted molar refractivity (Wildman–Crippen MR) is 68.0 cm³/mol. The summed E-state index contributed by atoms with van der Waals surface area (Å²) in [5.41, 5.74) is 0.993. The van der Waals surface area contributed by atoms with Crippen molar-refractivity contribution in [3.8, 4) is 11.4 Å². The van der Waals surface area contributed by atoms with Gasteiger partial charge >= 0.3 is 0 Å². The fraction of sp³-hybridized carbons (Fsp3) is 0.385. The second-order valence-electron chi connectivity index (χ2n) is 4.69. The Balaban J connectivity index is 2.00. The molecule has 3 rings (SSSR count). The minimum absolute atomic E-state index is 0.691. The van der Waals surface area contributed by atoms with Crippen molar-refractivity contribution in [1.29, 1.82) is 0 Å². The van der Waals surface area contributed by atoms with E-state index in [1.54, 1.807) is 0 Å². The van der Waals surface area contributed by atoms with E-state index in [0.717, 1.165) is 35.2 Å². The number of benzene rings is 1. The lowest BCUT2D eigenvalue weighted by atomic mass is 10.0. The van der Waals surface area contributed by atoms with Crippen LogP contribution in [0.4, 0.5) is 0 Å². The van der Waals surface area contributed by atoms with Gasteiger partial charge in [-0.3, -0.25) is 0 Å². The SMILES string of the molecule is CC1CCc2nc(-c3cccc(Cl)c3)nn2C1. The van der Waals surface area contributed by atoms with Gasteiger partial charge in [-0.25, -0.2) is 9.67 Å². The highest BCUT2D eigenvalue weighted by Gasteiger charge is 2.19. The van der Waals surface area contributed by atoms with Crippen molar-refractivity contribution in [1.82, 2.24) is 14.8 Å². The third-order valence-corrected chi connectivity index (χ3v) is 3.41. The third-order valence-electron chi connectivity index (χ3n) is 3.18. The molecular weight excluding hydrogens is 234 g/mol. The molecule has 0 radical (unpaired) electrons. The highest BCUT2D eigenvalue weighted by atomic mass is 35.5. The fourth-order valence-corrected chi connectivity index (χ4v) is 2.41. The Morgan fingerprint density at radius 1 is 1.41 bits per heavy atom. The second kappa shape index (κ2) is 4.15. The molecule has 1 aromatic heterocycles. The fourth-order valence-electron chi connectivity index (χ4n) is 2.22. The van der Waals surface area contributed by atoms with E-state index in [2.05, 4.69) is 17.0 Å². The monoisotopic (exact) mass is 247 g/mol. The third kappa shape index (κ3) is 2.07. The highest BCUT2D eigenvalue weighted by Crippen LogP contribution is 2.23. The Labute approximate surface area is 105 Å². The lowest BCUT2D eigenvalue weighted by Gasteiger charge is -2.17. The van der Waals surface area contributed by atoms with E-state index in [4.69, 9.17) is 11.6 Å². The summed E-state index contributed by atoms with van der Waals surface area (Å²) in [7, 11) is 0. The van der Waals surface area contributed by atoms with Crippen molar-refractivity contribution in [2.75, 3.05) is 0 Å². The van der Waals surface area contributed by atoms with Crippen molar-refractivity contribution in [3.63, 3.8) is 0 Å². The minimum atomic E-state index is 0.691. The van der Waals surface area contributed by atoms with E-state index in [1.807, 2.05) is 28.9 Å². The van der Waals surface area contributed by atoms with Crippen LogP contribution in [-0.4, -0.2) is 14.8 Å². The first kappa shape index (κ1) is 10.8. The van der Waals surface area contributed by atoms with Gasteiger partial charge in [-0.15, -0.1) is 0 Å². The van der Waals surface area contributed by atoms with Crippen molar-refractivity contribution < 1.29 is 0 Å². The maximum absolute atomic E-state index is 5.98. The first-order chi connectivity index (χ1) is 8.22. The quantitative estimate of drug-likeness (QED) is 0.775. The van der Waals surface area contributed by atoms with Gasteiger partial charge in [-0.1, -0.05) is 30.7 Å². The molecule has 4 heteroatoms. The van der Waals surface area contributed by atoms with E-state index < -0.39 is 0 Å². The molecule has 2 aromatic rings. The number of fused-ring (bicyclic) bond motifs is 1. The number of aryl methyl sites for hydroxylation is 1. The lowest BCUT2D eigenvalue weighted by Crippen LogP contribution is -2.18. The van der Waals surface area contributed by atoms with Crippen molar-refractivity contribution in [3.05, 3.63) is 35.1 Å². The molecule has 0 spiro atoms. The first-order valence-corrected chi connectivity index (χ1v) is 6.30. The maximum Gasteiger partial charge on any atom is 0.181 e. The van der Waals surface area contributed by atoms with Gasteiger partial charge in [0.25, 0.3) is 0 Å². The van der Waals surface area contributed by atoms with Gasteiger partial charge in [-0.05, 0) is 24.5 Å². The summed E-state index contributed by atoms with van der Waals surface area (Å²) in [5, 5.41) is 5.29. The molecule has 1 unspecified atom stereocenters. The van der Waals surface area contributed by atoms with E-state index >= 15 is 0 Å². The van der Waals surface area contributed by atoms with Crippen molar-refractivity contribution >= 4 is 11.6 Å². The maximum atomic E-state index is 5.98. The summed E-state index contributed by atoms with van der Waals surface area (Å²) in [6.07, 6.45) is 2.22. The Hall–Kier alpha value is -1.35. The van der Waals surface area contributed by atoms with E-state index in [1.165, 1.54) is 6.42 Å². The van der Waals surface area contributed by atoms with Crippen LogP contribution in [0.2, 0.25) is 5.02 Å². The molecule has 0 aliphatic carbocycles. The van der Waals surface area contributed by atoms with Crippen LogP contribution in [-0.2, 0) is 13.0 Å². The predicted octanol–water partition coefficient (Wildman–Crippen LogP) is 3.18. The van der Waals surface area contributed by atoms with E-state index in [-0.39, 0.29) is 0 Å². The number of aromatic nitrogens is 3. The van der Waals surface area contributed by atoms with E-state index in [9.17, 15) is 0 Å². The zero-order chi connectivity index (χ0) is 11.8. The topological polar surface area (TPSA) is 30.7 Å². The number of rotatable bonds is 1. The number of nitrogens with zero attached hydrogens (tertiary/aromatic N) is 3. The Bertz CT molecular complexity index is 547. The molecule has 1 aliphatic heterocycles. The number of halogens is 1. The molecule has 2 heterocycles. The summed E-state index contributed by atoms with van der Waals surface area (Å²) < 4.78 is 2.03. The Kier molecular flexibility index (Phi) is 2.63. The van der Waals surface area contributed by atoms with Crippen LogP contribution in [0.15, 0.2) is 24.3 Å². The van der Waals surface area contributed by atoms with Gasteiger partial charge in [-0.2, -0.15) is 5.10 Å². The van der Waals surface area contributed by atoms with Gasteiger partial charge in [0, 0.05) is 23.6 Å². The smallest absolute Gasteiger partial charge is 0.181 e. The van der Waals surface area contributed by atoms with Crippen molar-refractivity contribution in [2.24, 2.45) is 5.92 Å². The molecular formula is C13H14ClN3. The average Bonchev–Trinajstić information content (AvgIpc) is 2.72. The van der Waals surface area contributed by atoms with Crippen LogP contribution in [0.5, 0.6) is 0 Å². The molecule has 1 atom stereocenters. The molecule has 3 nitrogen and oxygen atoms in total. The zero-order valence-corrected chi connectivity index (χ0v) is 10.5. The van der Waals surface area contributed by atoms with Gasteiger partial charge in [0.1, 0.15) is 5.82 Å². The summed E-state index contributed by atoms with van der Waals surface area (Å²) in [6, 6.07) is 7.70. The molecule has 88 valence electrons. The minimum Gasteiger partial charge on any atom is -0.249 e. The van der Waals surface area contributed by atoms with Crippen LogP contribution >= 0.6 is 11.6 Å². The summed E-state index contributed by atoms with van der Waals surface area (Å²) in [6.45, 7) is 3.23. The number of hydrogen-bond acceptors (Lipinski definition) is 2. The van der Waals surface area contributed by atoms with Crippen LogP contribution in [0, 0.1) is 5.92 Å². The molecule has 0 saturated heterocycles. The molecule has 0 saturated carbocycles. The lowest BCUT2D eigenvalue weighted by molar-refractivity contribution is 0.368. The molecule has 0 N–H and O–H groups in total. The molecule has 0 amide bonds. The van der Waals surface area contributed by atoms with Gasteiger partial charge < -0.3 is 0 Å². The summed E-state index contributed by atoms with van der Waals surface area (Å²) >= 11 is 5.98. The number of hydrogen-bond donors (Lipinski definition) is 0. The first-order valence-electron chi connectivity index (χ1n) is 5.92. The largest absolute Gasteiger partial charge is 0.249 e. The van der Waals surface area contributed by atoms with Crippen LogP contribution in [0.3, 0.4) is 0 Å². The van der Waals surface area contributed by atoms with E-state index in [0.29, 0.717) is 5.92 Å². The summed E-state index contributed by atoms with van der Waals surface area (Å²) in [4.78, 5) is 4.59. The summed E-state index contributed by atoms with van der Waals surface area (Å²) in [5.74, 6) is 2.58. The zero-order valence-electron chi connectivity index (χ0n) is 9.73. The highest BCUT2D eigenvalue weighted by molar-refractivity contribution is 6.30. The molecule has 0 bridgehead atoms. The normalized spacial score (nSPS) is 19.1. The van der Waals surface area contributed by atoms with Gasteiger partial charge in [0.2, 0.25) is 0 Å².